The number of nitrogens with zero attached hydrogens (tertiary/aromatic N) is 2. The maximum atomic E-state index is 12.4. The smallest absolute Gasteiger partial charge is 0.224 e. The van der Waals surface area contributed by atoms with Gasteiger partial charge in [-0.05, 0) is 48.5 Å². The number of aromatic nitrogens is 3. The number of thioether (sulfide) groups is 1. The third-order valence-electron chi connectivity index (χ3n) is 3.97. The number of hydrogen-bond acceptors (Lipinski definition) is 6. The molecule has 3 rings (SSSR count). The zero-order chi connectivity index (χ0) is 19.9. The number of Topliss-reactive ketones (excluding diaryl/α,β-unsaturated/α-hetero) is 1. The summed E-state index contributed by atoms with van der Waals surface area (Å²) in [6.07, 6.45) is 0.409. The Bertz CT molecular complexity index is 952. The molecule has 2 N–H and O–H groups in total. The molecule has 0 aliphatic carbocycles. The van der Waals surface area contributed by atoms with Crippen LogP contribution in [0.25, 0.3) is 11.4 Å². The molecule has 0 spiro atoms. The number of nitrogens with one attached hydrogen (secondary N) is 2. The number of carbonyl (C=O) groups is 2. The number of methoxy groups -OCH3 is 1. The summed E-state index contributed by atoms with van der Waals surface area (Å²) in [7, 11) is 1.62. The number of rotatable bonds is 8. The van der Waals surface area contributed by atoms with Crippen LogP contribution in [-0.2, 0) is 4.79 Å². The highest BCUT2D eigenvalue weighted by Crippen LogP contribution is 2.22. The first-order valence-corrected chi connectivity index (χ1v) is 9.70. The number of benzene rings is 2. The van der Waals surface area contributed by atoms with Gasteiger partial charge in [0, 0.05) is 23.2 Å². The molecule has 7 nitrogen and oxygen atoms in total. The number of H-pyrrole nitrogens is 1. The number of aromatic amines is 1. The molecule has 0 radical (unpaired) electrons. The molecule has 0 saturated heterocycles. The Morgan fingerprint density at radius 1 is 1.11 bits per heavy atom. The lowest BCUT2D eigenvalue weighted by Crippen LogP contribution is -2.09. The van der Waals surface area contributed by atoms with E-state index in [9.17, 15) is 9.59 Å². The predicted octanol–water partition coefficient (Wildman–Crippen LogP) is 3.80. The zero-order valence-electron chi connectivity index (χ0n) is 15.6. The standard InChI is InChI=1S/C20H20N4O3S/c1-3-18(26)21-15-8-4-13(5-9-15)17(25)12-28-20-22-19(23-24-20)14-6-10-16(27-2)11-7-14/h4-11H,3,12H2,1-2H3,(H,21,26)(H,22,23,24). The Kier molecular flexibility index (Phi) is 6.44. The summed E-state index contributed by atoms with van der Waals surface area (Å²) < 4.78 is 5.14. The van der Waals surface area contributed by atoms with E-state index in [4.69, 9.17) is 4.74 Å². The van der Waals surface area contributed by atoms with Gasteiger partial charge in [0.2, 0.25) is 11.1 Å². The van der Waals surface area contributed by atoms with Crippen molar-refractivity contribution in [1.29, 1.82) is 0 Å². The summed E-state index contributed by atoms with van der Waals surface area (Å²) in [6.45, 7) is 1.79. The normalized spacial score (nSPS) is 10.5. The van der Waals surface area contributed by atoms with Crippen molar-refractivity contribution < 1.29 is 14.3 Å². The van der Waals surface area contributed by atoms with Gasteiger partial charge in [0.25, 0.3) is 0 Å². The molecular weight excluding hydrogens is 376 g/mol. The van der Waals surface area contributed by atoms with Gasteiger partial charge in [0.05, 0.1) is 12.9 Å². The van der Waals surface area contributed by atoms with Crippen LogP contribution in [-0.4, -0.2) is 39.7 Å². The number of amides is 1. The van der Waals surface area contributed by atoms with Gasteiger partial charge in [-0.15, -0.1) is 5.10 Å². The monoisotopic (exact) mass is 396 g/mol. The van der Waals surface area contributed by atoms with Gasteiger partial charge in [-0.25, -0.2) is 4.98 Å². The molecule has 0 saturated carbocycles. The van der Waals surface area contributed by atoms with Crippen LogP contribution < -0.4 is 10.1 Å². The number of ether oxygens (including phenoxy) is 1. The molecule has 0 fully saturated rings. The lowest BCUT2D eigenvalue weighted by molar-refractivity contribution is -0.115. The summed E-state index contributed by atoms with van der Waals surface area (Å²) in [5, 5.41) is 10.3. The molecular formula is C20H20N4O3S. The average Bonchev–Trinajstić information content (AvgIpc) is 3.21. The second kappa shape index (κ2) is 9.18. The number of carbonyl (C=O) groups excluding carboxylic acids is 2. The van der Waals surface area contributed by atoms with E-state index < -0.39 is 0 Å². The van der Waals surface area contributed by atoms with Crippen molar-refractivity contribution in [2.24, 2.45) is 0 Å². The van der Waals surface area contributed by atoms with Gasteiger partial charge >= 0.3 is 0 Å². The second-order valence-corrected chi connectivity index (χ2v) is 6.83. The Hall–Kier alpha value is -3.13. The molecule has 1 heterocycles. The molecule has 8 heteroatoms. The molecule has 0 atom stereocenters. The minimum absolute atomic E-state index is 0.0332. The fourth-order valence-corrected chi connectivity index (χ4v) is 3.08. The fourth-order valence-electron chi connectivity index (χ4n) is 2.39. The highest BCUT2D eigenvalue weighted by molar-refractivity contribution is 7.99. The van der Waals surface area contributed by atoms with Crippen LogP contribution in [0.5, 0.6) is 5.75 Å². The highest BCUT2D eigenvalue weighted by Gasteiger charge is 2.11. The highest BCUT2D eigenvalue weighted by atomic mass is 32.2. The number of anilines is 1. The maximum Gasteiger partial charge on any atom is 0.224 e. The average molecular weight is 396 g/mol. The van der Waals surface area contributed by atoms with Gasteiger partial charge in [-0.3, -0.25) is 14.7 Å². The van der Waals surface area contributed by atoms with E-state index in [1.165, 1.54) is 11.8 Å². The van der Waals surface area contributed by atoms with E-state index in [1.54, 1.807) is 38.3 Å². The van der Waals surface area contributed by atoms with E-state index in [1.807, 2.05) is 24.3 Å². The maximum absolute atomic E-state index is 12.4. The molecule has 1 amide bonds. The minimum Gasteiger partial charge on any atom is -0.497 e. The SMILES string of the molecule is CCC(=O)Nc1ccc(C(=O)CSc2n[nH]c(-c3ccc(OC)cc3)n2)cc1. The van der Waals surface area contributed by atoms with Crippen LogP contribution >= 0.6 is 11.8 Å². The third-order valence-corrected chi connectivity index (χ3v) is 4.82. The summed E-state index contributed by atoms with van der Waals surface area (Å²) in [5.74, 6) is 1.53. The van der Waals surface area contributed by atoms with E-state index >= 15 is 0 Å². The first kappa shape index (κ1) is 19.6. The van der Waals surface area contributed by atoms with Crippen LogP contribution in [0.3, 0.4) is 0 Å². The molecule has 2 aromatic carbocycles. The summed E-state index contributed by atoms with van der Waals surface area (Å²) in [6, 6.07) is 14.3. The van der Waals surface area contributed by atoms with Crippen LogP contribution in [0.2, 0.25) is 0 Å². The number of hydrogen-bond donors (Lipinski definition) is 2. The van der Waals surface area contributed by atoms with Crippen LogP contribution in [0, 0.1) is 0 Å². The second-order valence-electron chi connectivity index (χ2n) is 5.89. The van der Waals surface area contributed by atoms with Crippen molar-refractivity contribution in [3.05, 3.63) is 54.1 Å². The molecule has 0 aliphatic rings. The van der Waals surface area contributed by atoms with Crippen molar-refractivity contribution in [2.75, 3.05) is 18.2 Å². The van der Waals surface area contributed by atoms with E-state index in [2.05, 4.69) is 20.5 Å². The van der Waals surface area contributed by atoms with Gasteiger partial charge < -0.3 is 10.1 Å². The summed E-state index contributed by atoms with van der Waals surface area (Å²) >= 11 is 1.27. The first-order chi connectivity index (χ1) is 13.6. The van der Waals surface area contributed by atoms with Gasteiger partial charge in [0.1, 0.15) is 5.75 Å². The van der Waals surface area contributed by atoms with Gasteiger partial charge in [0.15, 0.2) is 11.6 Å². The molecule has 3 aromatic rings. The summed E-state index contributed by atoms with van der Waals surface area (Å²) in [5.41, 5.74) is 2.14. The molecule has 1 aromatic heterocycles. The Labute approximate surface area is 166 Å². The predicted molar refractivity (Wildman–Crippen MR) is 109 cm³/mol. The molecule has 144 valence electrons. The Morgan fingerprint density at radius 3 is 2.46 bits per heavy atom. The Morgan fingerprint density at radius 2 is 1.82 bits per heavy atom. The van der Waals surface area contributed by atoms with Crippen molar-refractivity contribution in [3.63, 3.8) is 0 Å². The molecule has 0 unspecified atom stereocenters. The quantitative estimate of drug-likeness (QED) is 0.444. The van der Waals surface area contributed by atoms with E-state index in [0.717, 1.165) is 11.3 Å². The van der Waals surface area contributed by atoms with E-state index in [0.29, 0.717) is 28.7 Å². The third kappa shape index (κ3) is 4.98. The lowest BCUT2D eigenvalue weighted by Gasteiger charge is -2.04. The molecule has 0 bridgehead atoms. The molecule has 28 heavy (non-hydrogen) atoms. The van der Waals surface area contributed by atoms with Crippen molar-refractivity contribution in [3.8, 4) is 17.1 Å². The topological polar surface area (TPSA) is 97.0 Å². The van der Waals surface area contributed by atoms with Gasteiger partial charge in [-0.2, -0.15) is 0 Å². The fraction of sp³-hybridized carbons (Fsp3) is 0.200. The largest absolute Gasteiger partial charge is 0.497 e. The molecule has 0 aliphatic heterocycles. The van der Waals surface area contributed by atoms with Crippen molar-refractivity contribution >= 4 is 29.1 Å². The minimum atomic E-state index is -0.0631. The van der Waals surface area contributed by atoms with Crippen LogP contribution in [0.15, 0.2) is 53.7 Å². The summed E-state index contributed by atoms with van der Waals surface area (Å²) in [4.78, 5) is 28.2. The van der Waals surface area contributed by atoms with Crippen LogP contribution in [0.1, 0.15) is 23.7 Å². The first-order valence-electron chi connectivity index (χ1n) is 8.71. The van der Waals surface area contributed by atoms with E-state index in [-0.39, 0.29) is 17.4 Å². The lowest BCUT2D eigenvalue weighted by atomic mass is 10.1. The van der Waals surface area contributed by atoms with Crippen molar-refractivity contribution in [2.45, 2.75) is 18.5 Å². The number of ketones is 1. The Balaban J connectivity index is 1.57. The van der Waals surface area contributed by atoms with Crippen molar-refractivity contribution in [1.82, 2.24) is 15.2 Å². The van der Waals surface area contributed by atoms with Gasteiger partial charge in [-0.1, -0.05) is 18.7 Å². The van der Waals surface area contributed by atoms with Crippen LogP contribution in [0.4, 0.5) is 5.69 Å². The zero-order valence-corrected chi connectivity index (χ0v) is 16.4.